The molecular formula is C15H16N2O2. The van der Waals surface area contributed by atoms with Gasteiger partial charge in [0.15, 0.2) is 0 Å². The second-order valence-corrected chi connectivity index (χ2v) is 5.50. The molecule has 0 unspecified atom stereocenters. The van der Waals surface area contributed by atoms with E-state index in [9.17, 15) is 9.59 Å². The molecule has 4 heteroatoms. The summed E-state index contributed by atoms with van der Waals surface area (Å²) >= 11 is 0. The molecule has 1 aliphatic heterocycles. The predicted molar refractivity (Wildman–Crippen MR) is 71.9 cm³/mol. The number of anilines is 1. The molecule has 1 aromatic carbocycles. The van der Waals surface area contributed by atoms with Crippen molar-refractivity contribution in [3.63, 3.8) is 0 Å². The number of rotatable bonds is 3. The Bertz CT molecular complexity index is 597. The Kier molecular flexibility index (Phi) is 3.15. The van der Waals surface area contributed by atoms with Crippen LogP contribution in [0, 0.1) is 23.7 Å². The summed E-state index contributed by atoms with van der Waals surface area (Å²) in [7, 11) is 0. The molecule has 19 heavy (non-hydrogen) atoms. The van der Waals surface area contributed by atoms with E-state index in [0.717, 1.165) is 5.56 Å². The fraction of sp³-hybridized carbons (Fsp3) is 0.400. The maximum atomic E-state index is 12.0. The SMILES string of the molecule is Cc1cccc2c1N(CCC(C)(C)C#N)C(=O)C2=O. The van der Waals surface area contributed by atoms with Crippen molar-refractivity contribution in [3.05, 3.63) is 29.3 Å². The summed E-state index contributed by atoms with van der Waals surface area (Å²) in [6.45, 7) is 5.93. The molecule has 2 rings (SSSR count). The second-order valence-electron chi connectivity index (χ2n) is 5.50. The number of hydrogen-bond acceptors (Lipinski definition) is 3. The molecule has 1 heterocycles. The Labute approximate surface area is 112 Å². The zero-order chi connectivity index (χ0) is 14.2. The fourth-order valence-corrected chi connectivity index (χ4v) is 2.20. The van der Waals surface area contributed by atoms with E-state index in [-0.39, 0.29) is 0 Å². The van der Waals surface area contributed by atoms with Crippen molar-refractivity contribution in [2.24, 2.45) is 5.41 Å². The smallest absolute Gasteiger partial charge is 0.299 e. The van der Waals surface area contributed by atoms with Gasteiger partial charge in [-0.2, -0.15) is 5.26 Å². The zero-order valence-electron chi connectivity index (χ0n) is 11.4. The van der Waals surface area contributed by atoms with Gasteiger partial charge in [-0.15, -0.1) is 0 Å². The van der Waals surface area contributed by atoms with E-state index < -0.39 is 17.1 Å². The lowest BCUT2D eigenvalue weighted by atomic mass is 9.91. The first-order valence-corrected chi connectivity index (χ1v) is 6.24. The first-order valence-electron chi connectivity index (χ1n) is 6.24. The Hall–Kier alpha value is -2.15. The lowest BCUT2D eigenvalue weighted by molar-refractivity contribution is -0.114. The van der Waals surface area contributed by atoms with E-state index in [1.807, 2.05) is 26.8 Å². The van der Waals surface area contributed by atoms with Crippen LogP contribution < -0.4 is 4.90 Å². The average molecular weight is 256 g/mol. The number of amides is 1. The maximum absolute atomic E-state index is 12.0. The van der Waals surface area contributed by atoms with Crippen molar-refractivity contribution in [2.45, 2.75) is 27.2 Å². The number of nitriles is 1. The molecule has 0 atom stereocenters. The Morgan fingerprint density at radius 1 is 1.32 bits per heavy atom. The molecule has 0 radical (unpaired) electrons. The molecule has 0 saturated carbocycles. The average Bonchev–Trinajstić information content (AvgIpc) is 2.62. The first kappa shape index (κ1) is 13.3. The van der Waals surface area contributed by atoms with E-state index in [1.54, 1.807) is 12.1 Å². The number of hydrogen-bond donors (Lipinski definition) is 0. The fourth-order valence-electron chi connectivity index (χ4n) is 2.20. The number of carbonyl (C=O) groups excluding carboxylic acids is 2. The standard InChI is InChI=1S/C15H16N2O2/c1-10-5-4-6-11-12(10)17(14(19)13(11)18)8-7-15(2,3)9-16/h4-6H,7-8H2,1-3H3. The van der Waals surface area contributed by atoms with Crippen LogP contribution in [0.15, 0.2) is 18.2 Å². The third-order valence-electron chi connectivity index (χ3n) is 3.45. The van der Waals surface area contributed by atoms with E-state index in [0.29, 0.717) is 24.2 Å². The topological polar surface area (TPSA) is 61.2 Å². The lowest BCUT2D eigenvalue weighted by Gasteiger charge is -2.22. The molecule has 0 fully saturated rings. The van der Waals surface area contributed by atoms with Crippen molar-refractivity contribution < 1.29 is 9.59 Å². The van der Waals surface area contributed by atoms with Gasteiger partial charge in [0.25, 0.3) is 11.7 Å². The predicted octanol–water partition coefficient (Wildman–Crippen LogP) is 2.46. The van der Waals surface area contributed by atoms with Crippen LogP contribution in [0.3, 0.4) is 0 Å². The van der Waals surface area contributed by atoms with E-state index in [2.05, 4.69) is 6.07 Å². The molecule has 0 aromatic heterocycles. The van der Waals surface area contributed by atoms with Crippen molar-refractivity contribution in [2.75, 3.05) is 11.4 Å². The molecule has 0 spiro atoms. The van der Waals surface area contributed by atoms with Gasteiger partial charge in [-0.25, -0.2) is 0 Å². The van der Waals surface area contributed by atoms with Gasteiger partial charge in [0.2, 0.25) is 0 Å². The van der Waals surface area contributed by atoms with Crippen molar-refractivity contribution in [1.29, 1.82) is 5.26 Å². The summed E-state index contributed by atoms with van der Waals surface area (Å²) in [5.74, 6) is -0.938. The number of para-hydroxylation sites is 1. The first-order chi connectivity index (χ1) is 8.87. The summed E-state index contributed by atoms with van der Waals surface area (Å²) in [5.41, 5.74) is 1.58. The van der Waals surface area contributed by atoms with Crippen LogP contribution in [0.1, 0.15) is 36.2 Å². The molecule has 4 nitrogen and oxygen atoms in total. The largest absolute Gasteiger partial charge is 0.304 e. The Morgan fingerprint density at radius 3 is 2.63 bits per heavy atom. The van der Waals surface area contributed by atoms with E-state index in [1.165, 1.54) is 4.90 Å². The minimum absolute atomic E-state index is 0.392. The van der Waals surface area contributed by atoms with Crippen LogP contribution in [-0.2, 0) is 4.79 Å². The van der Waals surface area contributed by atoms with Gasteiger partial charge < -0.3 is 4.90 Å². The Morgan fingerprint density at radius 2 is 2.00 bits per heavy atom. The minimum atomic E-state index is -0.505. The van der Waals surface area contributed by atoms with E-state index >= 15 is 0 Å². The van der Waals surface area contributed by atoms with E-state index in [4.69, 9.17) is 5.26 Å². The third-order valence-corrected chi connectivity index (χ3v) is 3.45. The molecule has 0 aliphatic carbocycles. The molecule has 0 bridgehead atoms. The molecule has 1 aliphatic rings. The number of fused-ring (bicyclic) bond motifs is 1. The zero-order valence-corrected chi connectivity index (χ0v) is 11.4. The molecule has 0 N–H and O–H groups in total. The quantitative estimate of drug-likeness (QED) is 0.780. The minimum Gasteiger partial charge on any atom is -0.304 e. The van der Waals surface area contributed by atoms with Crippen LogP contribution in [0.4, 0.5) is 5.69 Å². The van der Waals surface area contributed by atoms with Gasteiger partial charge >= 0.3 is 0 Å². The summed E-state index contributed by atoms with van der Waals surface area (Å²) in [6.07, 6.45) is 0.538. The van der Waals surface area contributed by atoms with Gasteiger partial charge in [-0.1, -0.05) is 12.1 Å². The highest BCUT2D eigenvalue weighted by atomic mass is 16.2. The summed E-state index contributed by atoms with van der Waals surface area (Å²) in [6, 6.07) is 7.55. The van der Waals surface area contributed by atoms with Crippen LogP contribution in [0.5, 0.6) is 0 Å². The molecule has 1 aromatic rings. The van der Waals surface area contributed by atoms with Crippen LogP contribution >= 0.6 is 0 Å². The van der Waals surface area contributed by atoms with Crippen molar-refractivity contribution >= 4 is 17.4 Å². The van der Waals surface area contributed by atoms with Crippen molar-refractivity contribution in [3.8, 4) is 6.07 Å². The number of ketones is 1. The highest BCUT2D eigenvalue weighted by molar-refractivity contribution is 6.52. The summed E-state index contributed by atoms with van der Waals surface area (Å²) in [4.78, 5) is 25.4. The lowest BCUT2D eigenvalue weighted by Crippen LogP contribution is -2.33. The third kappa shape index (κ3) is 2.24. The van der Waals surface area contributed by atoms with Crippen LogP contribution in [-0.4, -0.2) is 18.2 Å². The number of Topliss-reactive ketones (excluding diaryl/α,β-unsaturated/α-hetero) is 1. The van der Waals surface area contributed by atoms with Gasteiger partial charge in [-0.05, 0) is 38.8 Å². The van der Waals surface area contributed by atoms with Gasteiger partial charge in [0.05, 0.1) is 22.7 Å². The molecule has 1 amide bonds. The van der Waals surface area contributed by atoms with Gasteiger partial charge in [0, 0.05) is 6.54 Å². The highest BCUT2D eigenvalue weighted by Gasteiger charge is 2.37. The molecular weight excluding hydrogens is 240 g/mol. The normalized spacial score (nSPS) is 14.5. The highest BCUT2D eigenvalue weighted by Crippen LogP contribution is 2.33. The van der Waals surface area contributed by atoms with Crippen LogP contribution in [0.25, 0.3) is 0 Å². The van der Waals surface area contributed by atoms with Crippen molar-refractivity contribution in [1.82, 2.24) is 0 Å². The Balaban J connectivity index is 2.32. The number of nitrogens with zero attached hydrogens (tertiary/aromatic N) is 2. The summed E-state index contributed by atoms with van der Waals surface area (Å²) in [5, 5.41) is 9.02. The van der Waals surface area contributed by atoms with Crippen LogP contribution in [0.2, 0.25) is 0 Å². The molecule has 0 saturated heterocycles. The van der Waals surface area contributed by atoms with Gasteiger partial charge in [-0.3, -0.25) is 9.59 Å². The second kappa shape index (κ2) is 4.51. The maximum Gasteiger partial charge on any atom is 0.299 e. The number of aryl methyl sites for hydroxylation is 1. The van der Waals surface area contributed by atoms with Gasteiger partial charge in [0.1, 0.15) is 0 Å². The number of benzene rings is 1. The number of carbonyl (C=O) groups is 2. The monoisotopic (exact) mass is 256 g/mol. The summed E-state index contributed by atoms with van der Waals surface area (Å²) < 4.78 is 0. The molecule has 98 valence electrons.